The number of rotatable bonds is 4. The van der Waals surface area contributed by atoms with Crippen LogP contribution in [0, 0.1) is 0 Å². The van der Waals surface area contributed by atoms with Gasteiger partial charge in [0.05, 0.1) is 12.1 Å². The van der Waals surface area contributed by atoms with Crippen molar-refractivity contribution in [2.45, 2.75) is 7.43 Å². The summed E-state index contributed by atoms with van der Waals surface area (Å²) < 4.78 is 5.78. The molecule has 8 nitrogen and oxygen atoms in total. The van der Waals surface area contributed by atoms with E-state index in [0.29, 0.717) is 33.3 Å². The zero-order valence-electron chi connectivity index (χ0n) is 15.5. The van der Waals surface area contributed by atoms with Crippen LogP contribution in [0.25, 0.3) is 33.4 Å². The van der Waals surface area contributed by atoms with Gasteiger partial charge in [-0.15, -0.1) is 0 Å². The molecular formula is C23H20N2O6. The number of nitrogens with two attached hydrogens (primary N) is 1. The first-order valence-corrected chi connectivity index (χ1v) is 8.94. The normalized spacial score (nSPS) is 10.6. The van der Waals surface area contributed by atoms with Gasteiger partial charge in [-0.25, -0.2) is 4.79 Å². The van der Waals surface area contributed by atoms with Gasteiger partial charge in [-0.3, -0.25) is 9.59 Å². The number of carbonyl (C=O) groups excluding carboxylic acids is 1. The van der Waals surface area contributed by atoms with Crippen molar-refractivity contribution in [3.8, 4) is 28.2 Å². The van der Waals surface area contributed by atoms with E-state index in [1.165, 1.54) is 30.3 Å². The number of anilines is 1. The van der Waals surface area contributed by atoms with E-state index in [0.717, 1.165) is 0 Å². The molecule has 0 bridgehead atoms. The third-order valence-corrected chi connectivity index (χ3v) is 4.67. The minimum atomic E-state index is -1.20. The van der Waals surface area contributed by atoms with Crippen LogP contribution < -0.4 is 16.5 Å². The van der Waals surface area contributed by atoms with Crippen molar-refractivity contribution in [2.75, 3.05) is 11.9 Å². The van der Waals surface area contributed by atoms with Gasteiger partial charge in [-0.1, -0.05) is 13.5 Å². The predicted octanol–water partition coefficient (Wildman–Crippen LogP) is 3.50. The quantitative estimate of drug-likeness (QED) is 0.370. The first-order valence-electron chi connectivity index (χ1n) is 8.94. The fourth-order valence-electron chi connectivity index (χ4n) is 3.38. The molecule has 0 saturated heterocycles. The predicted molar refractivity (Wildman–Crippen MR) is 118 cm³/mol. The molecule has 2 aromatic rings. The summed E-state index contributed by atoms with van der Waals surface area (Å²) in [6.45, 7) is -0.235. The standard InChI is InChI=1S/C22H16N2O6.CH4/c23-10-20(27)24-11-1-4-14(17(7-11)22(28)29)21-15-5-2-12(25)8-18(15)30-19-9-13(26)3-6-16(19)21;/h1-9,25H,10,23H2,(H,24,27)(H,28,29);1H4. The molecule has 0 unspecified atom stereocenters. The van der Waals surface area contributed by atoms with Gasteiger partial charge in [0.1, 0.15) is 17.1 Å². The van der Waals surface area contributed by atoms with Crippen molar-refractivity contribution >= 4 is 28.5 Å². The zero-order chi connectivity index (χ0) is 21.4. The molecule has 0 aromatic heterocycles. The maximum atomic E-state index is 12.0. The SMILES string of the molecule is C.NCC(=O)Nc1ccc(-c2c3ccc(=O)cc-3oc3cc(O)ccc23)c(C(=O)O)c1. The number of hydrogen-bond donors (Lipinski definition) is 4. The summed E-state index contributed by atoms with van der Waals surface area (Å²) in [7, 11) is 0. The number of aromatic carboxylic acids is 1. The summed E-state index contributed by atoms with van der Waals surface area (Å²) in [6.07, 6.45) is 0. The van der Waals surface area contributed by atoms with Crippen LogP contribution in [0.15, 0.2) is 63.8 Å². The first kappa shape index (κ1) is 21.5. The smallest absolute Gasteiger partial charge is 0.336 e. The zero-order valence-corrected chi connectivity index (χ0v) is 15.5. The van der Waals surface area contributed by atoms with Crippen molar-refractivity contribution in [3.05, 3.63) is 70.4 Å². The highest BCUT2D eigenvalue weighted by Gasteiger charge is 2.22. The minimum Gasteiger partial charge on any atom is -0.508 e. The van der Waals surface area contributed by atoms with Gasteiger partial charge < -0.3 is 25.7 Å². The maximum absolute atomic E-state index is 12.0. The molecule has 158 valence electrons. The summed E-state index contributed by atoms with van der Waals surface area (Å²) in [6, 6.07) is 13.2. The van der Waals surface area contributed by atoms with Crippen LogP contribution in [0.1, 0.15) is 17.8 Å². The Morgan fingerprint density at radius 2 is 1.74 bits per heavy atom. The molecule has 0 atom stereocenters. The number of aromatic hydroxyl groups is 1. The lowest BCUT2D eigenvalue weighted by molar-refractivity contribution is -0.114. The second-order valence-electron chi connectivity index (χ2n) is 6.63. The van der Waals surface area contributed by atoms with Gasteiger partial charge in [-0.2, -0.15) is 0 Å². The average molecular weight is 420 g/mol. The third kappa shape index (κ3) is 3.96. The maximum Gasteiger partial charge on any atom is 0.336 e. The molecule has 0 saturated carbocycles. The topological polar surface area (TPSA) is 143 Å². The molecule has 1 amide bonds. The molecule has 2 aliphatic rings. The number of nitrogens with one attached hydrogen (secondary N) is 1. The second-order valence-corrected chi connectivity index (χ2v) is 6.63. The highest BCUT2D eigenvalue weighted by Crippen LogP contribution is 2.42. The van der Waals surface area contributed by atoms with Crippen LogP contribution >= 0.6 is 0 Å². The Bertz CT molecular complexity index is 1340. The Labute approximate surface area is 176 Å². The van der Waals surface area contributed by atoms with Crippen LogP contribution in [0.2, 0.25) is 0 Å². The van der Waals surface area contributed by atoms with Crippen molar-refractivity contribution in [1.29, 1.82) is 0 Å². The monoisotopic (exact) mass is 420 g/mol. The second kappa shape index (κ2) is 8.29. The number of fused-ring (bicyclic) bond motifs is 2. The van der Waals surface area contributed by atoms with E-state index in [9.17, 15) is 24.6 Å². The Balaban J connectivity index is 0.00000272. The molecule has 0 spiro atoms. The largest absolute Gasteiger partial charge is 0.508 e. The number of carboxylic acid groups (broad SMARTS) is 1. The van der Waals surface area contributed by atoms with E-state index in [-0.39, 0.29) is 36.5 Å². The lowest BCUT2D eigenvalue weighted by Gasteiger charge is -2.17. The molecule has 5 N–H and O–H groups in total. The van der Waals surface area contributed by atoms with Crippen molar-refractivity contribution in [3.63, 3.8) is 0 Å². The highest BCUT2D eigenvalue weighted by molar-refractivity contribution is 6.08. The number of amides is 1. The molecule has 31 heavy (non-hydrogen) atoms. The van der Waals surface area contributed by atoms with E-state index in [2.05, 4.69) is 5.32 Å². The van der Waals surface area contributed by atoms with Crippen LogP contribution in [-0.4, -0.2) is 28.6 Å². The summed E-state index contributed by atoms with van der Waals surface area (Å²) in [4.78, 5) is 35.4. The van der Waals surface area contributed by atoms with E-state index in [4.69, 9.17) is 10.2 Å². The fraction of sp³-hybridized carbons (Fsp3) is 0.0870. The van der Waals surface area contributed by atoms with Gasteiger partial charge in [0, 0.05) is 34.3 Å². The summed E-state index contributed by atoms with van der Waals surface area (Å²) >= 11 is 0. The Hall–Kier alpha value is -4.17. The number of hydrogen-bond acceptors (Lipinski definition) is 6. The minimum absolute atomic E-state index is 0. The van der Waals surface area contributed by atoms with Crippen LogP contribution in [-0.2, 0) is 4.79 Å². The number of phenols is 1. The van der Waals surface area contributed by atoms with E-state index >= 15 is 0 Å². The molecule has 1 heterocycles. The van der Waals surface area contributed by atoms with Crippen molar-refractivity contribution in [2.24, 2.45) is 5.73 Å². The molecular weight excluding hydrogens is 400 g/mol. The van der Waals surface area contributed by atoms with Crippen molar-refractivity contribution < 1.29 is 24.2 Å². The van der Waals surface area contributed by atoms with Crippen LogP contribution in [0.4, 0.5) is 5.69 Å². The van der Waals surface area contributed by atoms with Crippen LogP contribution in [0.5, 0.6) is 5.75 Å². The first-order chi connectivity index (χ1) is 14.4. The van der Waals surface area contributed by atoms with Crippen LogP contribution in [0.3, 0.4) is 0 Å². The summed E-state index contributed by atoms with van der Waals surface area (Å²) in [5.74, 6) is -1.43. The van der Waals surface area contributed by atoms with Gasteiger partial charge in [-0.05, 0) is 42.0 Å². The molecule has 4 rings (SSSR count). The molecule has 2 aromatic carbocycles. The summed E-state index contributed by atoms with van der Waals surface area (Å²) in [5.41, 5.74) is 6.99. The lowest BCUT2D eigenvalue weighted by Crippen LogP contribution is -2.22. The number of phenolic OH excluding ortho intramolecular Hbond substituents is 1. The highest BCUT2D eigenvalue weighted by atomic mass is 16.4. The van der Waals surface area contributed by atoms with Gasteiger partial charge >= 0.3 is 5.97 Å². The van der Waals surface area contributed by atoms with E-state index in [1.54, 1.807) is 24.3 Å². The van der Waals surface area contributed by atoms with Gasteiger partial charge in [0.25, 0.3) is 0 Å². The Morgan fingerprint density at radius 1 is 1.00 bits per heavy atom. The molecule has 8 heteroatoms. The molecule has 0 fully saturated rings. The number of benzene rings is 3. The molecule has 0 radical (unpaired) electrons. The lowest BCUT2D eigenvalue weighted by atomic mass is 9.90. The Kier molecular flexibility index (Phi) is 5.76. The molecule has 1 aliphatic carbocycles. The van der Waals surface area contributed by atoms with Crippen molar-refractivity contribution in [1.82, 2.24) is 0 Å². The third-order valence-electron chi connectivity index (χ3n) is 4.67. The van der Waals surface area contributed by atoms with E-state index in [1.807, 2.05) is 0 Å². The average Bonchev–Trinajstić information content (AvgIpc) is 2.71. The van der Waals surface area contributed by atoms with Gasteiger partial charge in [0.2, 0.25) is 5.91 Å². The Morgan fingerprint density at radius 3 is 2.45 bits per heavy atom. The summed E-state index contributed by atoms with van der Waals surface area (Å²) in [5, 5.41) is 22.8. The van der Waals surface area contributed by atoms with Gasteiger partial charge in [0.15, 0.2) is 5.43 Å². The molecule has 1 aliphatic heterocycles. The number of carboxylic acids is 1. The fourth-order valence-corrected chi connectivity index (χ4v) is 3.38. The number of carbonyl (C=O) groups is 2. The van der Waals surface area contributed by atoms with E-state index < -0.39 is 11.9 Å².